The van der Waals surface area contributed by atoms with Crippen LogP contribution in [-0.2, 0) is 11.1 Å². The molecule has 0 saturated carbocycles. The molecule has 27 heavy (non-hydrogen) atoms. The van der Waals surface area contributed by atoms with E-state index in [-0.39, 0.29) is 11.7 Å². The number of carbonyl (C=O) groups is 1. The van der Waals surface area contributed by atoms with Gasteiger partial charge >= 0.3 is 13.1 Å². The molecule has 1 aromatic carbocycles. The molecule has 0 N–H and O–H groups in total. The van der Waals surface area contributed by atoms with E-state index in [4.69, 9.17) is 11.2 Å². The molecule has 0 radical (unpaired) electrons. The molecular formula is C19H25BF3N2O2-. The lowest BCUT2D eigenvalue weighted by atomic mass is 9.79. The number of ether oxygens (including phenoxy) is 1. The van der Waals surface area contributed by atoms with Crippen molar-refractivity contribution in [3.63, 3.8) is 0 Å². The van der Waals surface area contributed by atoms with Crippen molar-refractivity contribution < 1.29 is 22.5 Å². The molecule has 1 heterocycles. The first-order valence-electron chi connectivity index (χ1n) is 8.93. The number of halogens is 3. The van der Waals surface area contributed by atoms with Gasteiger partial charge in [-0.15, -0.1) is 6.42 Å². The summed E-state index contributed by atoms with van der Waals surface area (Å²) in [5, 5.41) is 0. The van der Waals surface area contributed by atoms with Gasteiger partial charge in [0.2, 0.25) is 0 Å². The topological polar surface area (TPSA) is 32.8 Å². The SMILES string of the molecule is C#Cc1cc(C[B-](F)(F)F)c(C)c(N2CCN(C(=O)OC(C)(C)C)CC2)c1. The van der Waals surface area contributed by atoms with Crippen molar-refractivity contribution in [2.24, 2.45) is 0 Å². The summed E-state index contributed by atoms with van der Waals surface area (Å²) in [6.45, 7) is 4.04. The van der Waals surface area contributed by atoms with Crippen LogP contribution in [0.2, 0.25) is 0 Å². The van der Waals surface area contributed by atoms with E-state index in [0.717, 1.165) is 0 Å². The maximum absolute atomic E-state index is 12.9. The number of piperazine rings is 1. The van der Waals surface area contributed by atoms with Crippen molar-refractivity contribution in [1.82, 2.24) is 4.90 Å². The van der Waals surface area contributed by atoms with E-state index in [2.05, 4.69) is 5.92 Å². The molecule has 0 unspecified atom stereocenters. The highest BCUT2D eigenvalue weighted by Gasteiger charge is 2.28. The van der Waals surface area contributed by atoms with E-state index in [0.29, 0.717) is 43.0 Å². The number of carbonyl (C=O) groups excluding carboxylic acids is 1. The van der Waals surface area contributed by atoms with Crippen LogP contribution < -0.4 is 4.90 Å². The van der Waals surface area contributed by atoms with E-state index in [9.17, 15) is 17.7 Å². The predicted molar refractivity (Wildman–Crippen MR) is 102 cm³/mol. The van der Waals surface area contributed by atoms with Crippen LogP contribution in [0.3, 0.4) is 0 Å². The summed E-state index contributed by atoms with van der Waals surface area (Å²) in [5.41, 5.74) is 1.35. The fourth-order valence-electron chi connectivity index (χ4n) is 3.09. The first-order valence-corrected chi connectivity index (χ1v) is 8.93. The molecule has 0 spiro atoms. The van der Waals surface area contributed by atoms with Gasteiger partial charge in [-0.3, -0.25) is 0 Å². The Morgan fingerprint density at radius 2 is 1.81 bits per heavy atom. The minimum absolute atomic E-state index is 0.211. The van der Waals surface area contributed by atoms with Gasteiger partial charge in [-0.1, -0.05) is 17.8 Å². The summed E-state index contributed by atoms with van der Waals surface area (Å²) in [5.74, 6) is 2.44. The summed E-state index contributed by atoms with van der Waals surface area (Å²) < 4.78 is 44.2. The van der Waals surface area contributed by atoms with Gasteiger partial charge in [-0.05, 0) is 45.4 Å². The highest BCUT2D eigenvalue weighted by atomic mass is 19.4. The fraction of sp³-hybridized carbons (Fsp3) is 0.526. The average molecular weight is 381 g/mol. The second-order valence-corrected chi connectivity index (χ2v) is 7.79. The van der Waals surface area contributed by atoms with E-state index < -0.39 is 18.9 Å². The molecule has 2 rings (SSSR count). The molecule has 0 bridgehead atoms. The molecule has 0 atom stereocenters. The summed E-state index contributed by atoms with van der Waals surface area (Å²) in [7, 11) is 0. The van der Waals surface area contributed by atoms with Crippen LogP contribution in [0.15, 0.2) is 12.1 Å². The maximum atomic E-state index is 12.9. The highest BCUT2D eigenvalue weighted by Crippen LogP contribution is 2.29. The first kappa shape index (κ1) is 21.0. The second-order valence-electron chi connectivity index (χ2n) is 7.79. The quantitative estimate of drug-likeness (QED) is 0.587. The first-order chi connectivity index (χ1) is 12.4. The van der Waals surface area contributed by atoms with Crippen LogP contribution in [0.1, 0.15) is 37.5 Å². The fourth-order valence-corrected chi connectivity index (χ4v) is 3.09. The van der Waals surface area contributed by atoms with Crippen molar-refractivity contribution in [2.75, 3.05) is 31.1 Å². The molecule has 1 amide bonds. The molecule has 1 aromatic rings. The van der Waals surface area contributed by atoms with Gasteiger partial charge in [0.1, 0.15) is 5.60 Å². The maximum Gasteiger partial charge on any atom is 0.482 e. The monoisotopic (exact) mass is 381 g/mol. The normalized spacial score (nSPS) is 15.5. The van der Waals surface area contributed by atoms with E-state index >= 15 is 0 Å². The minimum atomic E-state index is -4.95. The smallest absolute Gasteiger partial charge is 0.449 e. The lowest BCUT2D eigenvalue weighted by Crippen LogP contribution is -2.50. The Balaban J connectivity index is 2.17. The number of nitrogens with zero attached hydrogens (tertiary/aromatic N) is 2. The number of hydrogen-bond donors (Lipinski definition) is 0. The molecular weight excluding hydrogens is 356 g/mol. The Labute approximate surface area is 158 Å². The van der Waals surface area contributed by atoms with Crippen molar-refractivity contribution >= 4 is 18.8 Å². The summed E-state index contributed by atoms with van der Waals surface area (Å²) in [6.07, 6.45) is 4.11. The predicted octanol–water partition coefficient (Wildman–Crippen LogP) is 3.96. The van der Waals surface area contributed by atoms with Gasteiger partial charge in [-0.2, -0.15) is 0 Å². The van der Waals surface area contributed by atoms with Crippen LogP contribution >= 0.6 is 0 Å². The van der Waals surface area contributed by atoms with Gasteiger partial charge in [0, 0.05) is 37.4 Å². The van der Waals surface area contributed by atoms with Crippen molar-refractivity contribution in [2.45, 2.75) is 39.6 Å². The number of rotatable bonds is 3. The number of anilines is 1. The van der Waals surface area contributed by atoms with Crippen LogP contribution in [0.4, 0.5) is 23.4 Å². The van der Waals surface area contributed by atoms with Gasteiger partial charge in [0.25, 0.3) is 0 Å². The van der Waals surface area contributed by atoms with Crippen LogP contribution in [0, 0.1) is 19.3 Å². The molecule has 1 fully saturated rings. The molecule has 148 valence electrons. The lowest BCUT2D eigenvalue weighted by molar-refractivity contribution is 0.0240. The minimum Gasteiger partial charge on any atom is -0.449 e. The molecule has 1 saturated heterocycles. The summed E-state index contributed by atoms with van der Waals surface area (Å²) >= 11 is 0. The largest absolute Gasteiger partial charge is 0.482 e. The van der Waals surface area contributed by atoms with E-state index in [1.165, 1.54) is 6.07 Å². The Bertz CT molecular complexity index is 743. The molecule has 8 heteroatoms. The zero-order chi connectivity index (χ0) is 20.4. The molecule has 1 aliphatic rings. The third kappa shape index (κ3) is 5.85. The number of hydrogen-bond acceptors (Lipinski definition) is 3. The number of benzene rings is 1. The van der Waals surface area contributed by atoms with Crippen molar-refractivity contribution in [3.8, 4) is 12.3 Å². The molecule has 0 aliphatic carbocycles. The van der Waals surface area contributed by atoms with Gasteiger partial charge in [0.15, 0.2) is 0 Å². The molecule has 4 nitrogen and oxygen atoms in total. The van der Waals surface area contributed by atoms with Gasteiger partial charge in [-0.25, -0.2) is 4.79 Å². The van der Waals surface area contributed by atoms with Crippen LogP contribution in [0.5, 0.6) is 0 Å². The Morgan fingerprint density at radius 1 is 1.22 bits per heavy atom. The average Bonchev–Trinajstić information content (AvgIpc) is 2.54. The van der Waals surface area contributed by atoms with Crippen molar-refractivity contribution in [1.29, 1.82) is 0 Å². The zero-order valence-electron chi connectivity index (χ0n) is 16.2. The van der Waals surface area contributed by atoms with Crippen LogP contribution in [0.25, 0.3) is 0 Å². The number of terminal acetylenes is 1. The van der Waals surface area contributed by atoms with Gasteiger partial charge < -0.3 is 27.5 Å². The van der Waals surface area contributed by atoms with E-state index in [1.54, 1.807) is 38.7 Å². The Morgan fingerprint density at radius 3 is 2.30 bits per heavy atom. The number of amides is 1. The Kier molecular flexibility index (Phi) is 6.03. The summed E-state index contributed by atoms with van der Waals surface area (Å²) in [6, 6.07) is 3.18. The molecule has 0 aromatic heterocycles. The van der Waals surface area contributed by atoms with Gasteiger partial charge in [0.05, 0.1) is 0 Å². The highest BCUT2D eigenvalue weighted by molar-refractivity contribution is 6.57. The third-order valence-corrected chi connectivity index (χ3v) is 4.38. The van der Waals surface area contributed by atoms with Crippen molar-refractivity contribution in [3.05, 3.63) is 28.8 Å². The third-order valence-electron chi connectivity index (χ3n) is 4.38. The summed E-state index contributed by atoms with van der Waals surface area (Å²) in [4.78, 5) is 15.8. The molecule has 1 aliphatic heterocycles. The second kappa shape index (κ2) is 7.75. The zero-order valence-corrected chi connectivity index (χ0v) is 16.2. The standard InChI is InChI=1S/C19H25BF3N2O2/c1-6-15-11-16(13-20(21,22)23)14(2)17(12-15)24-7-9-25(10-8-24)18(26)27-19(3,4)5/h1,11-12H,7-10,13H2,2-5H3/q-1. The van der Waals surface area contributed by atoms with E-state index in [1.807, 2.05) is 4.90 Å². The van der Waals surface area contributed by atoms with Crippen LogP contribution in [-0.4, -0.2) is 49.8 Å². The lowest BCUT2D eigenvalue weighted by Gasteiger charge is -2.38. The Hall–Kier alpha value is -2.30.